The van der Waals surface area contributed by atoms with E-state index < -0.39 is 0 Å². The minimum absolute atomic E-state index is 0.443. The molecule has 0 bridgehead atoms. The van der Waals surface area contributed by atoms with E-state index in [1.165, 1.54) is 0 Å². The Morgan fingerprint density at radius 1 is 1.53 bits per heavy atom. The molecule has 0 amide bonds. The van der Waals surface area contributed by atoms with Crippen molar-refractivity contribution < 1.29 is 9.26 Å². The fraction of sp³-hybridized carbons (Fsp3) is 0.833. The maximum Gasteiger partial charge on any atom is 0.226 e. The van der Waals surface area contributed by atoms with Crippen LogP contribution in [0.3, 0.4) is 0 Å². The highest BCUT2D eigenvalue weighted by Crippen LogP contribution is 2.17. The molecule has 2 unspecified atom stereocenters. The third-order valence-electron chi connectivity index (χ3n) is 3.38. The average Bonchev–Trinajstić information content (AvgIpc) is 2.98. The van der Waals surface area contributed by atoms with Gasteiger partial charge in [-0.25, -0.2) is 0 Å². The van der Waals surface area contributed by atoms with Gasteiger partial charge in [-0.2, -0.15) is 4.98 Å². The van der Waals surface area contributed by atoms with Crippen molar-refractivity contribution >= 4 is 0 Å². The summed E-state index contributed by atoms with van der Waals surface area (Å²) in [5.74, 6) is 2.52. The SMILES string of the molecule is CCC(CN)Cc1nc(CC2CCOC2)no1. The number of rotatable bonds is 6. The van der Waals surface area contributed by atoms with Gasteiger partial charge in [0.05, 0.1) is 0 Å². The molecule has 17 heavy (non-hydrogen) atoms. The van der Waals surface area contributed by atoms with Gasteiger partial charge in [-0.05, 0) is 24.8 Å². The summed E-state index contributed by atoms with van der Waals surface area (Å²) in [5.41, 5.74) is 5.66. The van der Waals surface area contributed by atoms with E-state index >= 15 is 0 Å². The second-order valence-electron chi connectivity index (χ2n) is 4.75. The molecule has 1 aromatic heterocycles. The van der Waals surface area contributed by atoms with Crippen LogP contribution in [0.25, 0.3) is 0 Å². The molecular weight excluding hydrogens is 218 g/mol. The molecule has 1 aromatic rings. The van der Waals surface area contributed by atoms with E-state index in [4.69, 9.17) is 15.0 Å². The van der Waals surface area contributed by atoms with Crippen molar-refractivity contribution in [3.05, 3.63) is 11.7 Å². The van der Waals surface area contributed by atoms with Gasteiger partial charge in [0.1, 0.15) is 0 Å². The van der Waals surface area contributed by atoms with E-state index in [1.54, 1.807) is 0 Å². The number of hydrogen-bond acceptors (Lipinski definition) is 5. The summed E-state index contributed by atoms with van der Waals surface area (Å²) in [5, 5.41) is 4.02. The van der Waals surface area contributed by atoms with E-state index in [-0.39, 0.29) is 0 Å². The topological polar surface area (TPSA) is 74.2 Å². The highest BCUT2D eigenvalue weighted by atomic mass is 16.5. The van der Waals surface area contributed by atoms with Crippen LogP contribution in [0, 0.1) is 11.8 Å². The molecule has 1 aliphatic heterocycles. The van der Waals surface area contributed by atoms with Gasteiger partial charge in [-0.15, -0.1) is 0 Å². The lowest BCUT2D eigenvalue weighted by atomic mass is 10.0. The highest BCUT2D eigenvalue weighted by Gasteiger charge is 2.19. The van der Waals surface area contributed by atoms with E-state index in [0.717, 1.165) is 50.6 Å². The van der Waals surface area contributed by atoms with Crippen LogP contribution in [0.4, 0.5) is 0 Å². The summed E-state index contributed by atoms with van der Waals surface area (Å²) < 4.78 is 10.6. The molecule has 1 fully saturated rings. The minimum atomic E-state index is 0.443. The fourth-order valence-corrected chi connectivity index (χ4v) is 2.10. The second-order valence-corrected chi connectivity index (χ2v) is 4.75. The lowest BCUT2D eigenvalue weighted by Gasteiger charge is -2.07. The number of nitrogens with zero attached hydrogens (tertiary/aromatic N) is 2. The van der Waals surface area contributed by atoms with Gasteiger partial charge in [0, 0.05) is 26.1 Å². The van der Waals surface area contributed by atoms with E-state index in [9.17, 15) is 0 Å². The van der Waals surface area contributed by atoms with Crippen molar-refractivity contribution in [1.29, 1.82) is 0 Å². The van der Waals surface area contributed by atoms with Gasteiger partial charge in [0.25, 0.3) is 0 Å². The van der Waals surface area contributed by atoms with Crippen molar-refractivity contribution in [1.82, 2.24) is 10.1 Å². The smallest absolute Gasteiger partial charge is 0.226 e. The summed E-state index contributed by atoms with van der Waals surface area (Å²) >= 11 is 0. The van der Waals surface area contributed by atoms with Crippen LogP contribution in [-0.4, -0.2) is 29.9 Å². The van der Waals surface area contributed by atoms with Crippen LogP contribution >= 0.6 is 0 Å². The van der Waals surface area contributed by atoms with Crippen LogP contribution in [-0.2, 0) is 17.6 Å². The molecule has 0 radical (unpaired) electrons. The van der Waals surface area contributed by atoms with Gasteiger partial charge in [0.2, 0.25) is 5.89 Å². The molecule has 5 nitrogen and oxygen atoms in total. The summed E-state index contributed by atoms with van der Waals surface area (Å²) in [4.78, 5) is 4.42. The predicted molar refractivity (Wildman–Crippen MR) is 63.5 cm³/mol. The summed E-state index contributed by atoms with van der Waals surface area (Å²) in [7, 11) is 0. The van der Waals surface area contributed by atoms with E-state index in [0.29, 0.717) is 18.4 Å². The normalized spacial score (nSPS) is 21.9. The quantitative estimate of drug-likeness (QED) is 0.806. The van der Waals surface area contributed by atoms with Gasteiger partial charge < -0.3 is 15.0 Å². The fourth-order valence-electron chi connectivity index (χ4n) is 2.10. The monoisotopic (exact) mass is 239 g/mol. The van der Waals surface area contributed by atoms with Crippen LogP contribution in [0.15, 0.2) is 4.52 Å². The van der Waals surface area contributed by atoms with Crippen LogP contribution < -0.4 is 5.73 Å². The number of ether oxygens (including phenoxy) is 1. The van der Waals surface area contributed by atoms with Crippen LogP contribution in [0.5, 0.6) is 0 Å². The lowest BCUT2D eigenvalue weighted by molar-refractivity contribution is 0.185. The van der Waals surface area contributed by atoms with E-state index in [2.05, 4.69) is 17.1 Å². The Balaban J connectivity index is 1.86. The van der Waals surface area contributed by atoms with Gasteiger partial charge in [-0.1, -0.05) is 18.5 Å². The molecule has 0 aliphatic carbocycles. The highest BCUT2D eigenvalue weighted by molar-refractivity contribution is 4.90. The first-order chi connectivity index (χ1) is 8.31. The van der Waals surface area contributed by atoms with Gasteiger partial charge >= 0.3 is 0 Å². The molecule has 1 saturated heterocycles. The first kappa shape index (κ1) is 12.5. The summed E-state index contributed by atoms with van der Waals surface area (Å²) in [6.45, 7) is 4.49. The molecule has 2 N–H and O–H groups in total. The zero-order valence-electron chi connectivity index (χ0n) is 10.4. The Kier molecular flexibility index (Phi) is 4.50. The third kappa shape index (κ3) is 3.51. The minimum Gasteiger partial charge on any atom is -0.381 e. The van der Waals surface area contributed by atoms with Crippen molar-refractivity contribution in [2.24, 2.45) is 17.6 Å². The van der Waals surface area contributed by atoms with Gasteiger partial charge in [0.15, 0.2) is 5.82 Å². The lowest BCUT2D eigenvalue weighted by Crippen LogP contribution is -2.16. The third-order valence-corrected chi connectivity index (χ3v) is 3.38. The Hall–Kier alpha value is -0.940. The second kappa shape index (κ2) is 6.12. The van der Waals surface area contributed by atoms with Crippen molar-refractivity contribution in [3.63, 3.8) is 0 Å². The summed E-state index contributed by atoms with van der Waals surface area (Å²) in [6, 6.07) is 0. The molecule has 0 spiro atoms. The maximum absolute atomic E-state index is 5.66. The molecule has 2 rings (SSSR count). The maximum atomic E-state index is 5.66. The molecule has 1 aliphatic rings. The Bertz CT molecular complexity index is 312. The molecule has 2 atom stereocenters. The molecule has 0 saturated carbocycles. The van der Waals surface area contributed by atoms with Crippen LogP contribution in [0.2, 0.25) is 0 Å². The first-order valence-electron chi connectivity index (χ1n) is 6.41. The van der Waals surface area contributed by atoms with Crippen molar-refractivity contribution in [2.75, 3.05) is 19.8 Å². The van der Waals surface area contributed by atoms with Crippen molar-refractivity contribution in [2.45, 2.75) is 32.6 Å². The molecule has 96 valence electrons. The van der Waals surface area contributed by atoms with Gasteiger partial charge in [-0.3, -0.25) is 0 Å². The number of nitrogens with two attached hydrogens (primary N) is 1. The summed E-state index contributed by atoms with van der Waals surface area (Å²) in [6.07, 6.45) is 3.80. The first-order valence-corrected chi connectivity index (χ1v) is 6.41. The predicted octanol–water partition coefficient (Wildman–Crippen LogP) is 1.18. The zero-order chi connectivity index (χ0) is 12.1. The van der Waals surface area contributed by atoms with Crippen molar-refractivity contribution in [3.8, 4) is 0 Å². The number of aromatic nitrogens is 2. The Morgan fingerprint density at radius 3 is 3.06 bits per heavy atom. The molecule has 0 aromatic carbocycles. The number of hydrogen-bond donors (Lipinski definition) is 1. The van der Waals surface area contributed by atoms with E-state index in [1.807, 2.05) is 0 Å². The zero-order valence-corrected chi connectivity index (χ0v) is 10.4. The Labute approximate surface area is 102 Å². The standard InChI is InChI=1S/C12H21N3O2/c1-2-9(7-13)6-12-14-11(15-17-12)5-10-3-4-16-8-10/h9-10H,2-8,13H2,1H3. The molecular formula is C12H21N3O2. The Morgan fingerprint density at radius 2 is 2.41 bits per heavy atom. The molecule has 5 heteroatoms. The largest absolute Gasteiger partial charge is 0.381 e. The van der Waals surface area contributed by atoms with Crippen LogP contribution in [0.1, 0.15) is 31.5 Å². The molecule has 2 heterocycles. The average molecular weight is 239 g/mol.